The monoisotopic (exact) mass is 294 g/mol. The maximum atomic E-state index is 12.5. The maximum absolute atomic E-state index is 12.5. The number of halogens is 3. The predicted octanol–water partition coefficient (Wildman–Crippen LogP) is 3.99. The second-order valence-corrected chi connectivity index (χ2v) is 5.10. The third-order valence-corrected chi connectivity index (χ3v) is 3.45. The average Bonchev–Trinajstić information content (AvgIpc) is 2.47. The highest BCUT2D eigenvalue weighted by Crippen LogP contribution is 2.31. The lowest BCUT2D eigenvalue weighted by Gasteiger charge is -2.31. The van der Waals surface area contributed by atoms with Crippen LogP contribution in [0.15, 0.2) is 54.6 Å². The molecule has 3 N–H and O–H groups in total. The third-order valence-electron chi connectivity index (χ3n) is 3.45. The van der Waals surface area contributed by atoms with Crippen LogP contribution in [0.5, 0.6) is 0 Å². The fraction of sp³-hybridized carbons (Fsp3) is 0.250. The first-order valence-corrected chi connectivity index (χ1v) is 6.56. The Hall–Kier alpha value is -2.01. The van der Waals surface area contributed by atoms with Gasteiger partial charge in [-0.1, -0.05) is 30.3 Å². The summed E-state index contributed by atoms with van der Waals surface area (Å²) in [7, 11) is 0. The average molecular weight is 294 g/mol. The van der Waals surface area contributed by atoms with Gasteiger partial charge in [-0.3, -0.25) is 0 Å². The highest BCUT2D eigenvalue weighted by Gasteiger charge is 2.30. The summed E-state index contributed by atoms with van der Waals surface area (Å²) in [6.45, 7) is 2.23. The van der Waals surface area contributed by atoms with Crippen molar-refractivity contribution in [1.29, 1.82) is 0 Å². The van der Waals surface area contributed by atoms with E-state index in [1.807, 2.05) is 37.3 Å². The molecule has 112 valence electrons. The van der Waals surface area contributed by atoms with E-state index < -0.39 is 17.3 Å². The Labute approximate surface area is 121 Å². The van der Waals surface area contributed by atoms with Crippen LogP contribution in [0.25, 0.3) is 0 Å². The van der Waals surface area contributed by atoms with Gasteiger partial charge in [-0.05, 0) is 36.8 Å². The Morgan fingerprint density at radius 1 is 0.905 bits per heavy atom. The van der Waals surface area contributed by atoms with Crippen LogP contribution in [-0.2, 0) is 11.7 Å². The maximum Gasteiger partial charge on any atom is 0.416 e. The van der Waals surface area contributed by atoms with Crippen LogP contribution in [0, 0.1) is 0 Å². The fourth-order valence-corrected chi connectivity index (χ4v) is 2.11. The Kier molecular flexibility index (Phi) is 4.23. The van der Waals surface area contributed by atoms with Crippen LogP contribution in [0.4, 0.5) is 18.9 Å². The quantitative estimate of drug-likeness (QED) is 0.894. The van der Waals surface area contributed by atoms with E-state index >= 15 is 0 Å². The number of benzene rings is 2. The molecule has 0 aliphatic heterocycles. The zero-order chi connectivity index (χ0) is 15.5. The summed E-state index contributed by atoms with van der Waals surface area (Å²) >= 11 is 0. The van der Waals surface area contributed by atoms with Gasteiger partial charge in [-0.25, -0.2) is 0 Å². The Morgan fingerprint density at radius 3 is 1.95 bits per heavy atom. The molecule has 1 atom stereocenters. The molecule has 0 heterocycles. The van der Waals surface area contributed by atoms with E-state index in [1.165, 1.54) is 12.1 Å². The molecule has 5 heteroatoms. The highest BCUT2D eigenvalue weighted by atomic mass is 19.4. The van der Waals surface area contributed by atoms with E-state index in [4.69, 9.17) is 5.73 Å². The van der Waals surface area contributed by atoms with E-state index in [0.29, 0.717) is 12.2 Å². The summed E-state index contributed by atoms with van der Waals surface area (Å²) < 4.78 is 37.6. The number of alkyl halides is 3. The smallest absolute Gasteiger partial charge is 0.375 e. The van der Waals surface area contributed by atoms with Crippen LogP contribution >= 0.6 is 0 Å². The molecule has 2 rings (SSSR count). The van der Waals surface area contributed by atoms with Gasteiger partial charge in [-0.2, -0.15) is 13.2 Å². The van der Waals surface area contributed by atoms with Crippen LogP contribution in [-0.4, -0.2) is 6.54 Å². The first-order chi connectivity index (χ1) is 9.85. The van der Waals surface area contributed by atoms with Crippen molar-refractivity contribution < 1.29 is 13.2 Å². The number of rotatable bonds is 4. The van der Waals surface area contributed by atoms with Gasteiger partial charge >= 0.3 is 6.18 Å². The molecule has 0 fully saturated rings. The molecule has 21 heavy (non-hydrogen) atoms. The Morgan fingerprint density at radius 2 is 1.48 bits per heavy atom. The summed E-state index contributed by atoms with van der Waals surface area (Å²) in [6.07, 6.45) is -4.32. The lowest BCUT2D eigenvalue weighted by molar-refractivity contribution is -0.137. The molecule has 0 aliphatic rings. The van der Waals surface area contributed by atoms with E-state index in [-0.39, 0.29) is 0 Å². The van der Waals surface area contributed by atoms with Crippen molar-refractivity contribution in [3.63, 3.8) is 0 Å². The third kappa shape index (κ3) is 3.55. The van der Waals surface area contributed by atoms with Gasteiger partial charge in [0.05, 0.1) is 11.1 Å². The second kappa shape index (κ2) is 5.77. The van der Waals surface area contributed by atoms with E-state index in [0.717, 1.165) is 17.7 Å². The molecule has 0 bridgehead atoms. The molecule has 1 unspecified atom stereocenters. The summed E-state index contributed by atoms with van der Waals surface area (Å²) in [6, 6.07) is 14.5. The summed E-state index contributed by atoms with van der Waals surface area (Å²) in [4.78, 5) is 0. The molecule has 0 amide bonds. The molecule has 2 nitrogen and oxygen atoms in total. The van der Waals surface area contributed by atoms with Crippen molar-refractivity contribution in [3.05, 3.63) is 65.7 Å². The number of nitrogens with one attached hydrogen (secondary N) is 1. The van der Waals surface area contributed by atoms with Crippen molar-refractivity contribution >= 4 is 5.69 Å². The predicted molar refractivity (Wildman–Crippen MR) is 77.9 cm³/mol. The molecule has 0 aromatic heterocycles. The van der Waals surface area contributed by atoms with Gasteiger partial charge in [0.2, 0.25) is 0 Å². The highest BCUT2D eigenvalue weighted by molar-refractivity contribution is 5.49. The number of anilines is 1. The molecule has 2 aromatic carbocycles. The Balaban J connectivity index is 2.23. The molecule has 0 aliphatic carbocycles. The standard InChI is InChI=1S/C16H17F3N2/c1-15(11-20,12-5-3-2-4-6-12)21-14-9-7-13(8-10-14)16(17,18)19/h2-10,21H,11,20H2,1H3. The van der Waals surface area contributed by atoms with E-state index in [9.17, 15) is 13.2 Å². The van der Waals surface area contributed by atoms with Crippen LogP contribution in [0.1, 0.15) is 18.1 Å². The van der Waals surface area contributed by atoms with Gasteiger partial charge < -0.3 is 11.1 Å². The van der Waals surface area contributed by atoms with Crippen LogP contribution in [0.2, 0.25) is 0 Å². The van der Waals surface area contributed by atoms with E-state index in [1.54, 1.807) is 0 Å². The van der Waals surface area contributed by atoms with Gasteiger partial charge in [0, 0.05) is 12.2 Å². The number of nitrogens with two attached hydrogens (primary N) is 1. The fourth-order valence-electron chi connectivity index (χ4n) is 2.11. The SMILES string of the molecule is CC(CN)(Nc1ccc(C(F)(F)F)cc1)c1ccccc1. The van der Waals surface area contributed by atoms with Crippen molar-refractivity contribution in [2.75, 3.05) is 11.9 Å². The second-order valence-electron chi connectivity index (χ2n) is 5.10. The van der Waals surface area contributed by atoms with Crippen LogP contribution < -0.4 is 11.1 Å². The topological polar surface area (TPSA) is 38.0 Å². The lowest BCUT2D eigenvalue weighted by atomic mass is 9.91. The van der Waals surface area contributed by atoms with Gasteiger partial charge in [0.15, 0.2) is 0 Å². The van der Waals surface area contributed by atoms with Gasteiger partial charge in [0.25, 0.3) is 0 Å². The zero-order valence-electron chi connectivity index (χ0n) is 11.6. The number of hydrogen-bond acceptors (Lipinski definition) is 2. The van der Waals surface area contributed by atoms with Crippen LogP contribution in [0.3, 0.4) is 0 Å². The molecular weight excluding hydrogens is 277 g/mol. The largest absolute Gasteiger partial charge is 0.416 e. The summed E-state index contributed by atoms with van der Waals surface area (Å²) in [5.74, 6) is 0. The van der Waals surface area contributed by atoms with Gasteiger partial charge in [0.1, 0.15) is 0 Å². The molecule has 0 radical (unpaired) electrons. The summed E-state index contributed by atoms with van der Waals surface area (Å²) in [5, 5.41) is 3.21. The first-order valence-electron chi connectivity index (χ1n) is 6.56. The molecule has 0 spiro atoms. The minimum atomic E-state index is -4.32. The minimum absolute atomic E-state index is 0.317. The Bertz CT molecular complexity index is 579. The van der Waals surface area contributed by atoms with Crippen molar-refractivity contribution in [2.24, 2.45) is 5.73 Å². The lowest BCUT2D eigenvalue weighted by Crippen LogP contribution is -2.39. The van der Waals surface area contributed by atoms with Gasteiger partial charge in [-0.15, -0.1) is 0 Å². The first kappa shape index (κ1) is 15.4. The van der Waals surface area contributed by atoms with Crippen molar-refractivity contribution in [2.45, 2.75) is 18.6 Å². The minimum Gasteiger partial charge on any atom is -0.375 e. The molecule has 0 saturated heterocycles. The summed E-state index contributed by atoms with van der Waals surface area (Å²) in [5.41, 5.74) is 6.21. The zero-order valence-corrected chi connectivity index (χ0v) is 11.6. The van der Waals surface area contributed by atoms with E-state index in [2.05, 4.69) is 5.32 Å². The molecular formula is C16H17F3N2. The normalized spacial score (nSPS) is 14.5. The van der Waals surface area contributed by atoms with Crippen molar-refractivity contribution in [1.82, 2.24) is 0 Å². The molecule has 0 saturated carbocycles. The number of hydrogen-bond donors (Lipinski definition) is 2. The molecule has 2 aromatic rings. The van der Waals surface area contributed by atoms with Crippen molar-refractivity contribution in [3.8, 4) is 0 Å².